The van der Waals surface area contributed by atoms with E-state index in [9.17, 15) is 9.90 Å². The number of alkyl halides is 1. The first-order valence-corrected chi connectivity index (χ1v) is 6.19. The molecule has 1 fully saturated rings. The first-order valence-electron chi connectivity index (χ1n) is 5.11. The Morgan fingerprint density at radius 1 is 1.40 bits per heavy atom. The lowest BCUT2D eigenvalue weighted by Gasteiger charge is -2.48. The molecular weight excluding hydrogens is 307 g/mol. The third-order valence-electron chi connectivity index (χ3n) is 3.27. The molecule has 1 saturated heterocycles. The molecule has 0 radical (unpaired) electrons. The second-order valence-corrected chi connectivity index (χ2v) is 8.32. The van der Waals surface area contributed by atoms with Crippen LogP contribution in [0.1, 0.15) is 34.1 Å². The van der Waals surface area contributed by atoms with Crippen LogP contribution in [0, 0.1) is 10.8 Å². The smallest absolute Gasteiger partial charge is 0.312 e. The van der Waals surface area contributed by atoms with Gasteiger partial charge in [-0.3, -0.25) is 4.79 Å². The van der Waals surface area contributed by atoms with Gasteiger partial charge in [0, 0.05) is 3.42 Å². The molecule has 0 saturated carbocycles. The number of hydrogen-bond donors (Lipinski definition) is 1. The summed E-state index contributed by atoms with van der Waals surface area (Å²) in [4.78, 5) is 11.5. The summed E-state index contributed by atoms with van der Waals surface area (Å²) in [7, 11) is 0. The highest BCUT2D eigenvalue weighted by molar-refractivity contribution is 14.1. The average molecular weight is 326 g/mol. The zero-order valence-corrected chi connectivity index (χ0v) is 11.9. The van der Waals surface area contributed by atoms with Gasteiger partial charge in [0.1, 0.15) is 0 Å². The van der Waals surface area contributed by atoms with E-state index >= 15 is 0 Å². The third-order valence-corrected chi connectivity index (χ3v) is 3.96. The Balaban J connectivity index is 3.08. The second-order valence-electron chi connectivity index (χ2n) is 5.72. The molecule has 0 aromatic carbocycles. The van der Waals surface area contributed by atoms with Gasteiger partial charge in [-0.25, -0.2) is 0 Å². The van der Waals surface area contributed by atoms with E-state index < -0.39 is 11.4 Å². The third kappa shape index (κ3) is 2.46. The highest BCUT2D eigenvalue weighted by Crippen LogP contribution is 2.49. The van der Waals surface area contributed by atoms with Crippen molar-refractivity contribution in [1.29, 1.82) is 0 Å². The molecule has 0 amide bonds. The molecule has 1 rings (SSSR count). The Kier molecular flexibility index (Phi) is 3.42. The fourth-order valence-electron chi connectivity index (χ4n) is 2.11. The number of carboxylic acid groups (broad SMARTS) is 1. The first-order chi connectivity index (χ1) is 6.61. The van der Waals surface area contributed by atoms with E-state index in [4.69, 9.17) is 4.74 Å². The largest absolute Gasteiger partial charge is 0.481 e. The Morgan fingerprint density at radius 3 is 2.20 bits per heavy atom. The van der Waals surface area contributed by atoms with Crippen molar-refractivity contribution in [3.05, 3.63) is 0 Å². The van der Waals surface area contributed by atoms with Gasteiger partial charge in [-0.1, -0.05) is 43.4 Å². The van der Waals surface area contributed by atoms with Crippen LogP contribution in [0.3, 0.4) is 0 Å². The predicted octanol–water partition coefficient (Wildman–Crippen LogP) is 2.72. The molecule has 88 valence electrons. The highest BCUT2D eigenvalue weighted by atomic mass is 127. The van der Waals surface area contributed by atoms with Crippen molar-refractivity contribution in [2.24, 2.45) is 10.8 Å². The van der Waals surface area contributed by atoms with Crippen LogP contribution in [0.5, 0.6) is 0 Å². The van der Waals surface area contributed by atoms with Crippen LogP contribution in [0.2, 0.25) is 0 Å². The second kappa shape index (κ2) is 3.87. The molecule has 1 aliphatic heterocycles. The summed E-state index contributed by atoms with van der Waals surface area (Å²) in [5, 5.41) is 9.47. The number of halogens is 1. The summed E-state index contributed by atoms with van der Waals surface area (Å²) in [5.41, 5.74) is -1.05. The minimum Gasteiger partial charge on any atom is -0.481 e. The van der Waals surface area contributed by atoms with Crippen molar-refractivity contribution in [1.82, 2.24) is 0 Å². The van der Waals surface area contributed by atoms with Crippen LogP contribution in [-0.2, 0) is 9.53 Å². The minimum atomic E-state index is -0.763. The van der Waals surface area contributed by atoms with Crippen molar-refractivity contribution in [3.63, 3.8) is 0 Å². The van der Waals surface area contributed by atoms with E-state index in [-0.39, 0.29) is 8.84 Å². The van der Waals surface area contributed by atoms with E-state index in [1.165, 1.54) is 0 Å². The van der Waals surface area contributed by atoms with Gasteiger partial charge in [-0.2, -0.15) is 0 Å². The normalized spacial score (nSPS) is 37.7. The Bertz CT molecular complexity index is 267. The van der Waals surface area contributed by atoms with Crippen LogP contribution >= 0.6 is 22.6 Å². The van der Waals surface area contributed by atoms with Crippen LogP contribution in [0.25, 0.3) is 0 Å². The molecule has 0 aliphatic carbocycles. The number of rotatable bonds is 1. The maximum absolute atomic E-state index is 11.5. The molecule has 0 aromatic rings. The van der Waals surface area contributed by atoms with Gasteiger partial charge in [0.25, 0.3) is 0 Å². The molecule has 3 nitrogen and oxygen atoms in total. The van der Waals surface area contributed by atoms with Crippen molar-refractivity contribution < 1.29 is 14.6 Å². The quantitative estimate of drug-likeness (QED) is 0.595. The molecule has 0 spiro atoms. The molecular formula is C11H19IO3. The van der Waals surface area contributed by atoms with Gasteiger partial charge in [0.2, 0.25) is 0 Å². The number of aliphatic carboxylic acids is 1. The molecule has 1 aliphatic rings. The summed E-state index contributed by atoms with van der Waals surface area (Å²) < 4.78 is 5.42. The first kappa shape index (κ1) is 13.2. The zero-order chi connectivity index (χ0) is 11.9. The molecule has 2 atom stereocenters. The minimum absolute atomic E-state index is 0.0817. The summed E-state index contributed by atoms with van der Waals surface area (Å²) >= 11 is 2.30. The van der Waals surface area contributed by atoms with E-state index in [1.54, 1.807) is 0 Å². The average Bonchev–Trinajstić information content (AvgIpc) is 1.99. The lowest BCUT2D eigenvalue weighted by molar-refractivity contribution is -0.171. The number of carbonyl (C=O) groups is 1. The number of hydrogen-bond acceptors (Lipinski definition) is 2. The Hall–Kier alpha value is 0.160. The summed E-state index contributed by atoms with van der Waals surface area (Å²) in [6.45, 7) is 8.94. The molecule has 1 N–H and O–H groups in total. The van der Waals surface area contributed by atoms with E-state index in [2.05, 4.69) is 29.5 Å². The topological polar surface area (TPSA) is 46.5 Å². The van der Waals surface area contributed by atoms with Gasteiger partial charge in [0.05, 0.1) is 18.6 Å². The molecule has 15 heavy (non-hydrogen) atoms. The lowest BCUT2D eigenvalue weighted by atomic mass is 9.62. The molecule has 4 heteroatoms. The number of ether oxygens (including phenoxy) is 1. The summed E-state index contributed by atoms with van der Waals surface area (Å²) in [6.07, 6.45) is 0.666. The van der Waals surface area contributed by atoms with Gasteiger partial charge >= 0.3 is 5.97 Å². The maximum atomic E-state index is 11.5. The van der Waals surface area contributed by atoms with Gasteiger partial charge in [-0.15, -0.1) is 0 Å². The maximum Gasteiger partial charge on any atom is 0.312 e. The zero-order valence-electron chi connectivity index (χ0n) is 9.76. The fourth-order valence-corrected chi connectivity index (χ4v) is 2.98. The summed E-state index contributed by atoms with van der Waals surface area (Å²) in [5.74, 6) is -0.738. The van der Waals surface area contributed by atoms with Crippen LogP contribution < -0.4 is 0 Å². The Labute approximate surface area is 105 Å². The standard InChI is InChI=1S/C11H19IO3/c1-9(2,3)11(8(13)14)5-10(4,12)6-15-7-11/h5-7H2,1-4H3,(H,13,14). The van der Waals surface area contributed by atoms with Crippen molar-refractivity contribution in [2.75, 3.05) is 13.2 Å². The van der Waals surface area contributed by atoms with Gasteiger partial charge < -0.3 is 9.84 Å². The van der Waals surface area contributed by atoms with Crippen LogP contribution in [0.4, 0.5) is 0 Å². The fraction of sp³-hybridized carbons (Fsp3) is 0.909. The lowest BCUT2D eigenvalue weighted by Crippen LogP contribution is -2.54. The van der Waals surface area contributed by atoms with Crippen LogP contribution in [0.15, 0.2) is 0 Å². The van der Waals surface area contributed by atoms with Crippen molar-refractivity contribution in [2.45, 2.75) is 37.5 Å². The molecule has 0 bridgehead atoms. The van der Waals surface area contributed by atoms with Gasteiger partial charge in [-0.05, 0) is 18.8 Å². The SMILES string of the molecule is CC1(I)COCC(C(=O)O)(C(C)(C)C)C1. The Morgan fingerprint density at radius 2 is 1.93 bits per heavy atom. The van der Waals surface area contributed by atoms with E-state index in [0.29, 0.717) is 19.6 Å². The van der Waals surface area contributed by atoms with Crippen molar-refractivity contribution >= 4 is 28.6 Å². The molecule has 1 heterocycles. The van der Waals surface area contributed by atoms with Gasteiger partial charge in [0.15, 0.2) is 0 Å². The monoisotopic (exact) mass is 326 g/mol. The molecule has 2 unspecified atom stereocenters. The molecule has 0 aromatic heterocycles. The van der Waals surface area contributed by atoms with Crippen LogP contribution in [-0.4, -0.2) is 27.7 Å². The number of carboxylic acids is 1. The predicted molar refractivity (Wildman–Crippen MR) is 67.4 cm³/mol. The highest BCUT2D eigenvalue weighted by Gasteiger charge is 2.54. The van der Waals surface area contributed by atoms with Crippen molar-refractivity contribution in [3.8, 4) is 0 Å². The van der Waals surface area contributed by atoms with E-state index in [0.717, 1.165) is 0 Å². The summed E-state index contributed by atoms with van der Waals surface area (Å²) in [6, 6.07) is 0. The van der Waals surface area contributed by atoms with E-state index in [1.807, 2.05) is 20.8 Å².